The van der Waals surface area contributed by atoms with Crippen molar-refractivity contribution in [2.75, 3.05) is 23.8 Å². The molecule has 0 unspecified atom stereocenters. The molecule has 0 spiro atoms. The Morgan fingerprint density at radius 3 is 3.11 bits per heavy atom. The molecule has 2 aromatic rings. The molecule has 0 radical (unpaired) electrons. The van der Waals surface area contributed by atoms with Crippen LogP contribution in [0.1, 0.15) is 22.7 Å². The Balaban J connectivity index is 1.72. The van der Waals surface area contributed by atoms with E-state index in [1.54, 1.807) is 11.3 Å². The van der Waals surface area contributed by atoms with Crippen molar-refractivity contribution in [3.63, 3.8) is 0 Å². The Labute approximate surface area is 118 Å². The number of anilines is 2. The Kier molecular flexibility index (Phi) is 3.42. The molecular formula is C15H19N3S. The number of hydrogen-bond acceptors (Lipinski definition) is 4. The number of nitrogens with zero attached hydrogens (tertiary/aromatic N) is 2. The number of hydrogen-bond donors (Lipinski definition) is 1. The van der Waals surface area contributed by atoms with Gasteiger partial charge in [0.1, 0.15) is 5.01 Å². The van der Waals surface area contributed by atoms with Gasteiger partial charge in [-0.15, -0.1) is 11.3 Å². The van der Waals surface area contributed by atoms with Crippen LogP contribution in [-0.2, 0) is 13.0 Å². The van der Waals surface area contributed by atoms with Gasteiger partial charge in [-0.1, -0.05) is 0 Å². The fourth-order valence-corrected chi connectivity index (χ4v) is 3.27. The van der Waals surface area contributed by atoms with Crippen molar-refractivity contribution in [3.8, 4) is 0 Å². The Morgan fingerprint density at radius 2 is 2.32 bits per heavy atom. The van der Waals surface area contributed by atoms with E-state index >= 15 is 0 Å². The van der Waals surface area contributed by atoms with Crippen LogP contribution in [0.2, 0.25) is 0 Å². The molecule has 100 valence electrons. The summed E-state index contributed by atoms with van der Waals surface area (Å²) in [6.45, 7) is 4.01. The summed E-state index contributed by atoms with van der Waals surface area (Å²) in [5.74, 6) is 0. The van der Waals surface area contributed by atoms with E-state index in [1.165, 1.54) is 29.8 Å². The minimum atomic E-state index is 0.813. The lowest BCUT2D eigenvalue weighted by Gasteiger charge is -2.27. The number of thiazole rings is 1. The first kappa shape index (κ1) is 12.5. The summed E-state index contributed by atoms with van der Waals surface area (Å²) in [5, 5.41) is 6.71. The van der Waals surface area contributed by atoms with Gasteiger partial charge in [0.15, 0.2) is 0 Å². The van der Waals surface area contributed by atoms with Crippen molar-refractivity contribution >= 4 is 22.7 Å². The average Bonchev–Trinajstić information content (AvgIpc) is 2.82. The highest BCUT2D eigenvalue weighted by Crippen LogP contribution is 2.28. The van der Waals surface area contributed by atoms with Crippen LogP contribution in [0.15, 0.2) is 23.6 Å². The molecular weight excluding hydrogens is 254 g/mol. The van der Waals surface area contributed by atoms with Crippen LogP contribution in [-0.4, -0.2) is 18.6 Å². The summed E-state index contributed by atoms with van der Waals surface area (Å²) in [5.41, 5.74) is 5.13. The van der Waals surface area contributed by atoms with E-state index in [0.717, 1.165) is 23.8 Å². The van der Waals surface area contributed by atoms with Gasteiger partial charge in [-0.05, 0) is 43.5 Å². The van der Waals surface area contributed by atoms with Crippen molar-refractivity contribution < 1.29 is 0 Å². The van der Waals surface area contributed by atoms with E-state index in [-0.39, 0.29) is 0 Å². The molecule has 0 atom stereocenters. The van der Waals surface area contributed by atoms with Crippen LogP contribution in [0.3, 0.4) is 0 Å². The third kappa shape index (κ3) is 2.73. The zero-order valence-electron chi connectivity index (χ0n) is 11.4. The Hall–Kier alpha value is -1.55. The van der Waals surface area contributed by atoms with Gasteiger partial charge in [-0.2, -0.15) is 0 Å². The van der Waals surface area contributed by atoms with Crippen LogP contribution in [0.5, 0.6) is 0 Å². The molecule has 1 N–H and O–H groups in total. The molecule has 1 aromatic heterocycles. The Morgan fingerprint density at radius 1 is 1.42 bits per heavy atom. The minimum Gasteiger partial charge on any atom is -0.379 e. The fourth-order valence-electron chi connectivity index (χ4n) is 2.56. The standard InChI is InChI=1S/C15H19N3S/c1-11-10-19-15(17-11)9-16-13-5-6-14-12(8-13)4-3-7-18(14)2/h5-6,8,10,16H,3-4,7,9H2,1-2H3. The molecule has 3 nitrogen and oxygen atoms in total. The number of rotatable bonds is 3. The third-order valence-corrected chi connectivity index (χ3v) is 4.51. The first-order valence-corrected chi connectivity index (χ1v) is 7.59. The highest BCUT2D eigenvalue weighted by atomic mass is 32.1. The Bertz CT molecular complexity index is 577. The lowest BCUT2D eigenvalue weighted by atomic mass is 10.0. The van der Waals surface area contributed by atoms with Gasteiger partial charge in [0, 0.05) is 36.0 Å². The van der Waals surface area contributed by atoms with Gasteiger partial charge < -0.3 is 10.2 Å². The maximum absolute atomic E-state index is 4.47. The first-order valence-electron chi connectivity index (χ1n) is 6.71. The molecule has 3 rings (SSSR count). The molecule has 0 saturated heterocycles. The summed E-state index contributed by atoms with van der Waals surface area (Å²) in [4.78, 5) is 6.81. The van der Waals surface area contributed by atoms with Gasteiger partial charge in [0.2, 0.25) is 0 Å². The van der Waals surface area contributed by atoms with Gasteiger partial charge in [0.25, 0.3) is 0 Å². The molecule has 1 aliphatic rings. The minimum absolute atomic E-state index is 0.813. The monoisotopic (exact) mass is 273 g/mol. The number of nitrogens with one attached hydrogen (secondary N) is 1. The summed E-state index contributed by atoms with van der Waals surface area (Å²) in [6, 6.07) is 6.68. The maximum Gasteiger partial charge on any atom is 0.112 e. The van der Waals surface area contributed by atoms with E-state index in [4.69, 9.17) is 0 Å². The molecule has 0 bridgehead atoms. The van der Waals surface area contributed by atoms with Gasteiger partial charge in [0.05, 0.1) is 6.54 Å². The van der Waals surface area contributed by atoms with Crippen molar-refractivity contribution in [3.05, 3.63) is 39.8 Å². The molecule has 0 fully saturated rings. The van der Waals surface area contributed by atoms with Gasteiger partial charge >= 0.3 is 0 Å². The topological polar surface area (TPSA) is 28.2 Å². The largest absolute Gasteiger partial charge is 0.379 e. The highest BCUT2D eigenvalue weighted by molar-refractivity contribution is 7.09. The van der Waals surface area contributed by atoms with Crippen LogP contribution in [0, 0.1) is 6.92 Å². The van der Waals surface area contributed by atoms with E-state index in [9.17, 15) is 0 Å². The second-order valence-electron chi connectivity index (χ2n) is 5.10. The fraction of sp³-hybridized carbons (Fsp3) is 0.400. The molecule has 4 heteroatoms. The molecule has 1 aliphatic heterocycles. The van der Waals surface area contributed by atoms with Crippen LogP contribution in [0.25, 0.3) is 0 Å². The lowest BCUT2D eigenvalue weighted by molar-refractivity contribution is 0.744. The van der Waals surface area contributed by atoms with Gasteiger partial charge in [-0.25, -0.2) is 4.98 Å². The van der Waals surface area contributed by atoms with E-state index in [2.05, 4.69) is 45.8 Å². The molecule has 19 heavy (non-hydrogen) atoms. The normalized spacial score (nSPS) is 14.3. The zero-order valence-corrected chi connectivity index (χ0v) is 12.3. The average molecular weight is 273 g/mol. The third-order valence-electron chi connectivity index (χ3n) is 3.54. The van der Waals surface area contributed by atoms with Crippen LogP contribution < -0.4 is 10.2 Å². The predicted octanol–water partition coefficient (Wildman–Crippen LogP) is 3.45. The number of aromatic nitrogens is 1. The SMILES string of the molecule is Cc1csc(CNc2ccc3c(c2)CCCN3C)n1. The predicted molar refractivity (Wildman–Crippen MR) is 82.2 cm³/mol. The summed E-state index contributed by atoms with van der Waals surface area (Å²) in [6.07, 6.45) is 2.43. The second kappa shape index (κ2) is 5.21. The van der Waals surface area contributed by atoms with E-state index in [0.29, 0.717) is 0 Å². The number of benzene rings is 1. The quantitative estimate of drug-likeness (QED) is 0.928. The second-order valence-corrected chi connectivity index (χ2v) is 6.05. The van der Waals surface area contributed by atoms with E-state index in [1.807, 2.05) is 6.92 Å². The molecule has 0 amide bonds. The molecule has 0 aliphatic carbocycles. The zero-order chi connectivity index (χ0) is 13.2. The lowest BCUT2D eigenvalue weighted by Crippen LogP contribution is -2.24. The summed E-state index contributed by atoms with van der Waals surface area (Å²) >= 11 is 1.72. The first-order chi connectivity index (χ1) is 9.22. The molecule has 1 aromatic carbocycles. The van der Waals surface area contributed by atoms with Crippen LogP contribution in [0.4, 0.5) is 11.4 Å². The number of fused-ring (bicyclic) bond motifs is 1. The number of aryl methyl sites for hydroxylation is 2. The molecule has 2 heterocycles. The van der Waals surface area contributed by atoms with Crippen molar-refractivity contribution in [1.82, 2.24) is 4.98 Å². The molecule has 0 saturated carbocycles. The highest BCUT2D eigenvalue weighted by Gasteiger charge is 2.13. The summed E-state index contributed by atoms with van der Waals surface area (Å²) < 4.78 is 0. The van der Waals surface area contributed by atoms with Gasteiger partial charge in [-0.3, -0.25) is 0 Å². The van der Waals surface area contributed by atoms with Crippen molar-refractivity contribution in [2.45, 2.75) is 26.3 Å². The van der Waals surface area contributed by atoms with Crippen molar-refractivity contribution in [2.24, 2.45) is 0 Å². The van der Waals surface area contributed by atoms with E-state index < -0.39 is 0 Å². The smallest absolute Gasteiger partial charge is 0.112 e. The maximum atomic E-state index is 4.47. The summed E-state index contributed by atoms with van der Waals surface area (Å²) in [7, 11) is 2.17. The van der Waals surface area contributed by atoms with Crippen LogP contribution >= 0.6 is 11.3 Å². The van der Waals surface area contributed by atoms with Crippen molar-refractivity contribution in [1.29, 1.82) is 0 Å².